The molecule has 4 aromatic carbocycles. The van der Waals surface area contributed by atoms with Crippen molar-refractivity contribution in [3.8, 4) is 22.5 Å². The molecule has 4 heteroatoms. The van der Waals surface area contributed by atoms with Gasteiger partial charge in [-0.25, -0.2) is 0 Å². The molecule has 1 aromatic heterocycles. The first-order chi connectivity index (χ1) is 15.3. The summed E-state index contributed by atoms with van der Waals surface area (Å²) in [6, 6.07) is 34.0. The van der Waals surface area contributed by atoms with E-state index in [0.29, 0.717) is 12.1 Å². The standard InChI is InChI=1S/C27H21N3O/c31-27(28-18-19-7-2-1-3-8-19)22-15-13-21(14-16-22)25-17-26(30-29-25)24-12-6-10-20-9-4-5-11-23(20)24/h1-17H,18H2,(H,28,31)(H,29,30). The van der Waals surface area contributed by atoms with Crippen molar-refractivity contribution in [2.45, 2.75) is 6.54 Å². The lowest BCUT2D eigenvalue weighted by Crippen LogP contribution is -2.22. The van der Waals surface area contributed by atoms with Crippen molar-refractivity contribution >= 4 is 16.7 Å². The van der Waals surface area contributed by atoms with Gasteiger partial charge < -0.3 is 5.32 Å². The summed E-state index contributed by atoms with van der Waals surface area (Å²) >= 11 is 0. The van der Waals surface area contributed by atoms with Crippen LogP contribution in [-0.4, -0.2) is 16.1 Å². The lowest BCUT2D eigenvalue weighted by Gasteiger charge is -2.06. The van der Waals surface area contributed by atoms with Gasteiger partial charge in [0.2, 0.25) is 0 Å². The van der Waals surface area contributed by atoms with Crippen molar-refractivity contribution in [3.05, 3.63) is 114 Å². The number of benzene rings is 4. The van der Waals surface area contributed by atoms with Gasteiger partial charge in [0, 0.05) is 23.2 Å². The molecule has 0 aliphatic rings. The number of hydrogen-bond acceptors (Lipinski definition) is 2. The summed E-state index contributed by atoms with van der Waals surface area (Å²) in [6.07, 6.45) is 0. The highest BCUT2D eigenvalue weighted by Gasteiger charge is 2.10. The predicted molar refractivity (Wildman–Crippen MR) is 125 cm³/mol. The van der Waals surface area contributed by atoms with Crippen molar-refractivity contribution in [3.63, 3.8) is 0 Å². The van der Waals surface area contributed by atoms with Crippen molar-refractivity contribution in [1.82, 2.24) is 15.5 Å². The normalized spacial score (nSPS) is 10.8. The predicted octanol–water partition coefficient (Wildman–Crippen LogP) is 5.83. The van der Waals surface area contributed by atoms with Gasteiger partial charge >= 0.3 is 0 Å². The molecule has 0 spiro atoms. The molecule has 4 nitrogen and oxygen atoms in total. The van der Waals surface area contributed by atoms with E-state index in [1.54, 1.807) is 0 Å². The number of aromatic nitrogens is 2. The lowest BCUT2D eigenvalue weighted by atomic mass is 10.0. The molecule has 31 heavy (non-hydrogen) atoms. The second-order valence-corrected chi connectivity index (χ2v) is 7.44. The number of aromatic amines is 1. The fourth-order valence-corrected chi connectivity index (χ4v) is 3.74. The summed E-state index contributed by atoms with van der Waals surface area (Å²) < 4.78 is 0. The van der Waals surface area contributed by atoms with Gasteiger partial charge in [-0.1, -0.05) is 84.9 Å². The minimum absolute atomic E-state index is 0.0890. The van der Waals surface area contributed by atoms with Crippen molar-refractivity contribution in [2.75, 3.05) is 0 Å². The van der Waals surface area contributed by atoms with Crippen LogP contribution < -0.4 is 5.32 Å². The second kappa shape index (κ2) is 8.28. The van der Waals surface area contributed by atoms with Gasteiger partial charge in [0.05, 0.1) is 11.4 Å². The summed E-state index contributed by atoms with van der Waals surface area (Å²) in [5.74, 6) is -0.0890. The molecular weight excluding hydrogens is 382 g/mol. The molecule has 0 unspecified atom stereocenters. The number of nitrogens with zero attached hydrogens (tertiary/aromatic N) is 1. The van der Waals surface area contributed by atoms with Crippen LogP contribution in [0.3, 0.4) is 0 Å². The number of carbonyl (C=O) groups excluding carboxylic acids is 1. The number of rotatable bonds is 5. The number of hydrogen-bond donors (Lipinski definition) is 2. The number of H-pyrrole nitrogens is 1. The Morgan fingerprint density at radius 3 is 2.39 bits per heavy atom. The summed E-state index contributed by atoms with van der Waals surface area (Å²) in [7, 11) is 0. The Morgan fingerprint density at radius 1 is 0.806 bits per heavy atom. The third kappa shape index (κ3) is 3.96. The largest absolute Gasteiger partial charge is 0.348 e. The van der Waals surface area contributed by atoms with Crippen LogP contribution in [0.5, 0.6) is 0 Å². The van der Waals surface area contributed by atoms with Crippen molar-refractivity contribution < 1.29 is 4.79 Å². The molecular formula is C27H21N3O. The zero-order valence-corrected chi connectivity index (χ0v) is 16.9. The molecule has 0 aliphatic carbocycles. The van der Waals surface area contributed by atoms with Crippen LogP contribution in [0, 0.1) is 0 Å². The third-order valence-electron chi connectivity index (χ3n) is 5.40. The highest BCUT2D eigenvalue weighted by atomic mass is 16.1. The molecule has 1 heterocycles. The minimum atomic E-state index is -0.0890. The van der Waals surface area contributed by atoms with Gasteiger partial charge in [0.15, 0.2) is 0 Å². The molecule has 0 radical (unpaired) electrons. The Hall–Kier alpha value is -4.18. The first-order valence-electron chi connectivity index (χ1n) is 10.2. The van der Waals surface area contributed by atoms with Crippen LogP contribution in [0.1, 0.15) is 15.9 Å². The zero-order chi connectivity index (χ0) is 21.0. The summed E-state index contributed by atoms with van der Waals surface area (Å²) in [4.78, 5) is 12.4. The second-order valence-electron chi connectivity index (χ2n) is 7.44. The number of nitrogens with one attached hydrogen (secondary N) is 2. The average molecular weight is 403 g/mol. The molecule has 5 rings (SSSR count). The molecule has 2 N–H and O–H groups in total. The topological polar surface area (TPSA) is 57.8 Å². The van der Waals surface area contributed by atoms with Gasteiger partial charge in [-0.05, 0) is 34.5 Å². The number of carbonyl (C=O) groups is 1. The van der Waals surface area contributed by atoms with E-state index in [1.807, 2.05) is 72.8 Å². The maximum absolute atomic E-state index is 12.4. The number of fused-ring (bicyclic) bond motifs is 1. The van der Waals surface area contributed by atoms with E-state index in [2.05, 4.69) is 45.8 Å². The lowest BCUT2D eigenvalue weighted by molar-refractivity contribution is 0.0951. The first-order valence-corrected chi connectivity index (χ1v) is 10.2. The molecule has 0 saturated heterocycles. The monoisotopic (exact) mass is 403 g/mol. The van der Waals surface area contributed by atoms with Crippen molar-refractivity contribution in [1.29, 1.82) is 0 Å². The van der Waals surface area contributed by atoms with Crippen LogP contribution in [0.2, 0.25) is 0 Å². The van der Waals surface area contributed by atoms with Crippen LogP contribution in [-0.2, 0) is 6.54 Å². The quantitative estimate of drug-likeness (QED) is 0.388. The van der Waals surface area contributed by atoms with Crippen LogP contribution >= 0.6 is 0 Å². The smallest absolute Gasteiger partial charge is 0.251 e. The Bertz CT molecular complexity index is 1330. The first kappa shape index (κ1) is 18.8. The highest BCUT2D eigenvalue weighted by Crippen LogP contribution is 2.29. The SMILES string of the molecule is O=C(NCc1ccccc1)c1ccc(-c2cc(-c3cccc4ccccc34)[nH]n2)cc1. The molecule has 5 aromatic rings. The molecule has 0 aliphatic heterocycles. The fourth-order valence-electron chi connectivity index (χ4n) is 3.74. The van der Waals surface area contributed by atoms with Gasteiger partial charge in [-0.3, -0.25) is 9.89 Å². The van der Waals surface area contributed by atoms with Crippen LogP contribution in [0.4, 0.5) is 0 Å². The Labute approximate surface area is 180 Å². The highest BCUT2D eigenvalue weighted by molar-refractivity contribution is 5.96. The molecule has 150 valence electrons. The minimum Gasteiger partial charge on any atom is -0.348 e. The van der Waals surface area contributed by atoms with Crippen LogP contribution in [0.15, 0.2) is 103 Å². The Morgan fingerprint density at radius 2 is 1.55 bits per heavy atom. The zero-order valence-electron chi connectivity index (χ0n) is 16.9. The molecule has 0 fully saturated rings. The van der Waals surface area contributed by atoms with Gasteiger partial charge in [-0.15, -0.1) is 0 Å². The third-order valence-corrected chi connectivity index (χ3v) is 5.40. The summed E-state index contributed by atoms with van der Waals surface area (Å²) in [6.45, 7) is 0.509. The Kier molecular flexibility index (Phi) is 5.03. The van der Waals surface area contributed by atoms with Crippen LogP contribution in [0.25, 0.3) is 33.3 Å². The molecule has 0 bridgehead atoms. The van der Waals surface area contributed by atoms with E-state index in [9.17, 15) is 4.79 Å². The van der Waals surface area contributed by atoms with Gasteiger partial charge in [0.1, 0.15) is 0 Å². The maximum atomic E-state index is 12.4. The Balaban J connectivity index is 1.34. The fraction of sp³-hybridized carbons (Fsp3) is 0.0370. The number of amides is 1. The van der Waals surface area contributed by atoms with E-state index in [-0.39, 0.29) is 5.91 Å². The molecule has 1 amide bonds. The van der Waals surface area contributed by atoms with E-state index in [4.69, 9.17) is 0 Å². The van der Waals surface area contributed by atoms with Gasteiger partial charge in [-0.2, -0.15) is 5.10 Å². The summed E-state index contributed by atoms with van der Waals surface area (Å²) in [5.41, 5.74) is 5.60. The average Bonchev–Trinajstić information content (AvgIpc) is 3.33. The van der Waals surface area contributed by atoms with Gasteiger partial charge in [0.25, 0.3) is 5.91 Å². The molecule has 0 saturated carbocycles. The summed E-state index contributed by atoms with van der Waals surface area (Å²) in [5, 5.41) is 13.0. The van der Waals surface area contributed by atoms with E-state index in [1.165, 1.54) is 10.8 Å². The molecule has 0 atom stereocenters. The van der Waals surface area contributed by atoms with E-state index in [0.717, 1.165) is 28.1 Å². The van der Waals surface area contributed by atoms with Crippen molar-refractivity contribution in [2.24, 2.45) is 0 Å². The maximum Gasteiger partial charge on any atom is 0.251 e. The van der Waals surface area contributed by atoms with E-state index >= 15 is 0 Å². The van der Waals surface area contributed by atoms with E-state index < -0.39 is 0 Å².